The summed E-state index contributed by atoms with van der Waals surface area (Å²) in [6, 6.07) is 10.6. The van der Waals surface area contributed by atoms with E-state index < -0.39 is 6.04 Å². The molecule has 1 aromatic heterocycles. The number of hydrogen-bond donors (Lipinski definition) is 0. The monoisotopic (exact) mass is 404 g/mol. The Morgan fingerprint density at radius 1 is 1.15 bits per heavy atom. The second kappa shape index (κ2) is 9.17. The molecular formula is C20H21ClN2O3S. The fourth-order valence-corrected chi connectivity index (χ4v) is 3.98. The van der Waals surface area contributed by atoms with Crippen molar-refractivity contribution in [1.29, 1.82) is 0 Å². The Balaban J connectivity index is 1.66. The van der Waals surface area contributed by atoms with Gasteiger partial charge in [0.15, 0.2) is 0 Å². The zero-order valence-electron chi connectivity index (χ0n) is 15.0. The van der Waals surface area contributed by atoms with Crippen LogP contribution in [0.2, 0.25) is 5.02 Å². The number of rotatable bonds is 5. The van der Waals surface area contributed by atoms with E-state index >= 15 is 0 Å². The summed E-state index contributed by atoms with van der Waals surface area (Å²) in [6.45, 7) is 2.24. The van der Waals surface area contributed by atoms with Crippen LogP contribution >= 0.6 is 22.9 Å². The molecule has 0 spiro atoms. The van der Waals surface area contributed by atoms with Gasteiger partial charge in [0.05, 0.1) is 7.11 Å². The number of carbonyl (C=O) groups is 2. The van der Waals surface area contributed by atoms with Gasteiger partial charge < -0.3 is 9.64 Å². The van der Waals surface area contributed by atoms with Crippen LogP contribution in [0, 0.1) is 0 Å². The van der Waals surface area contributed by atoms with Gasteiger partial charge in [-0.3, -0.25) is 9.69 Å². The van der Waals surface area contributed by atoms with Crippen molar-refractivity contribution in [2.24, 2.45) is 0 Å². The minimum absolute atomic E-state index is 0.0181. The van der Waals surface area contributed by atoms with E-state index in [1.54, 1.807) is 28.4 Å². The molecule has 3 rings (SSSR count). The molecule has 0 unspecified atom stereocenters. The van der Waals surface area contributed by atoms with Gasteiger partial charge in [0, 0.05) is 42.2 Å². The van der Waals surface area contributed by atoms with Gasteiger partial charge >= 0.3 is 5.97 Å². The van der Waals surface area contributed by atoms with Gasteiger partial charge in [-0.05, 0) is 29.2 Å². The van der Waals surface area contributed by atoms with E-state index in [0.29, 0.717) is 31.2 Å². The lowest BCUT2D eigenvalue weighted by Gasteiger charge is -2.38. The summed E-state index contributed by atoms with van der Waals surface area (Å²) in [4.78, 5) is 29.7. The Kier molecular flexibility index (Phi) is 6.66. The molecule has 2 heterocycles. The maximum atomic E-state index is 12.4. The molecule has 0 aliphatic carbocycles. The molecule has 7 heteroatoms. The van der Waals surface area contributed by atoms with Gasteiger partial charge in [-0.25, -0.2) is 4.79 Å². The third-order valence-electron chi connectivity index (χ3n) is 4.55. The highest BCUT2D eigenvalue weighted by Gasteiger charge is 2.33. The van der Waals surface area contributed by atoms with Crippen LogP contribution in [0.3, 0.4) is 0 Å². The van der Waals surface area contributed by atoms with Gasteiger partial charge in [0.25, 0.3) is 0 Å². The fourth-order valence-electron chi connectivity index (χ4n) is 3.13. The van der Waals surface area contributed by atoms with Crippen molar-refractivity contribution in [2.45, 2.75) is 6.04 Å². The first-order valence-electron chi connectivity index (χ1n) is 8.67. The number of thiophene rings is 1. The number of ether oxygens (including phenoxy) is 1. The molecule has 27 heavy (non-hydrogen) atoms. The quantitative estimate of drug-likeness (QED) is 0.565. The highest BCUT2D eigenvalue weighted by atomic mass is 35.5. The maximum absolute atomic E-state index is 12.4. The van der Waals surface area contributed by atoms with E-state index in [-0.39, 0.29) is 11.9 Å². The maximum Gasteiger partial charge on any atom is 0.327 e. The second-order valence-corrected chi connectivity index (χ2v) is 7.54. The summed E-state index contributed by atoms with van der Waals surface area (Å²) >= 11 is 7.89. The van der Waals surface area contributed by atoms with Crippen LogP contribution in [0.5, 0.6) is 0 Å². The van der Waals surface area contributed by atoms with E-state index in [1.165, 1.54) is 7.11 Å². The predicted octanol–water partition coefficient (Wildman–Crippen LogP) is 3.47. The largest absolute Gasteiger partial charge is 0.468 e. The lowest BCUT2D eigenvalue weighted by atomic mass is 10.0. The predicted molar refractivity (Wildman–Crippen MR) is 108 cm³/mol. The van der Waals surface area contributed by atoms with Gasteiger partial charge in [-0.15, -0.1) is 11.3 Å². The highest BCUT2D eigenvalue weighted by Crippen LogP contribution is 2.29. The number of piperazine rings is 1. The summed E-state index contributed by atoms with van der Waals surface area (Å²) < 4.78 is 5.00. The summed E-state index contributed by atoms with van der Waals surface area (Å²) in [6.07, 6.45) is 3.44. The molecule has 1 aliphatic rings. The molecular weight excluding hydrogens is 384 g/mol. The van der Waals surface area contributed by atoms with E-state index in [4.69, 9.17) is 16.3 Å². The zero-order chi connectivity index (χ0) is 19.2. The first-order valence-corrected chi connectivity index (χ1v) is 9.92. The average molecular weight is 405 g/mol. The van der Waals surface area contributed by atoms with Crippen molar-refractivity contribution in [3.8, 4) is 0 Å². The Bertz CT molecular complexity index is 814. The molecule has 1 aromatic carbocycles. The number of carbonyl (C=O) groups excluding carboxylic acids is 2. The molecule has 0 saturated carbocycles. The van der Waals surface area contributed by atoms with Crippen molar-refractivity contribution >= 4 is 40.9 Å². The molecule has 2 aromatic rings. The first kappa shape index (κ1) is 19.6. The third kappa shape index (κ3) is 4.77. The number of amides is 1. The van der Waals surface area contributed by atoms with E-state index in [1.807, 2.05) is 46.7 Å². The van der Waals surface area contributed by atoms with Crippen LogP contribution in [0.25, 0.3) is 6.08 Å². The highest BCUT2D eigenvalue weighted by molar-refractivity contribution is 7.10. The minimum atomic E-state index is -0.567. The molecule has 142 valence electrons. The number of esters is 1. The van der Waals surface area contributed by atoms with Crippen molar-refractivity contribution < 1.29 is 14.3 Å². The third-order valence-corrected chi connectivity index (χ3v) is 5.73. The van der Waals surface area contributed by atoms with E-state index in [0.717, 1.165) is 10.4 Å². The summed E-state index contributed by atoms with van der Waals surface area (Å²) in [5, 5.41) is 2.51. The molecule has 0 N–H and O–H groups in total. The van der Waals surface area contributed by atoms with Crippen molar-refractivity contribution in [1.82, 2.24) is 9.80 Å². The summed E-state index contributed by atoms with van der Waals surface area (Å²) in [5.41, 5.74) is 0.725. The minimum Gasteiger partial charge on any atom is -0.468 e. The number of nitrogens with zero attached hydrogens (tertiary/aromatic N) is 2. The molecule has 0 bridgehead atoms. The lowest BCUT2D eigenvalue weighted by molar-refractivity contribution is -0.148. The SMILES string of the molecule is COC(=O)[C@@H](c1ccccc1Cl)N1CCN(C(=O)/C=C/c2cccs2)CC1. The number of benzene rings is 1. The Labute approximate surface area is 167 Å². The zero-order valence-corrected chi connectivity index (χ0v) is 16.6. The molecule has 0 radical (unpaired) electrons. The van der Waals surface area contributed by atoms with Gasteiger partial charge in [0.2, 0.25) is 5.91 Å². The lowest BCUT2D eigenvalue weighted by Crippen LogP contribution is -2.50. The molecule has 5 nitrogen and oxygen atoms in total. The number of hydrogen-bond acceptors (Lipinski definition) is 5. The molecule has 1 aliphatic heterocycles. The Hall–Kier alpha value is -2.15. The van der Waals surface area contributed by atoms with Crippen molar-refractivity contribution in [3.63, 3.8) is 0 Å². The van der Waals surface area contributed by atoms with Crippen LogP contribution < -0.4 is 0 Å². The normalized spacial score (nSPS) is 16.4. The van der Waals surface area contributed by atoms with Crippen LogP contribution in [-0.4, -0.2) is 55.0 Å². The van der Waals surface area contributed by atoms with Gasteiger partial charge in [0.1, 0.15) is 6.04 Å². The summed E-state index contributed by atoms with van der Waals surface area (Å²) in [7, 11) is 1.38. The fraction of sp³-hybridized carbons (Fsp3) is 0.300. The first-order chi connectivity index (χ1) is 13.1. The van der Waals surface area contributed by atoms with Crippen molar-refractivity contribution in [2.75, 3.05) is 33.3 Å². The molecule has 1 saturated heterocycles. The Morgan fingerprint density at radius 3 is 2.52 bits per heavy atom. The topological polar surface area (TPSA) is 49.9 Å². The number of methoxy groups -OCH3 is 1. The van der Waals surface area contributed by atoms with Gasteiger partial charge in [-0.1, -0.05) is 35.9 Å². The van der Waals surface area contributed by atoms with Crippen LogP contribution in [0.15, 0.2) is 47.9 Å². The van der Waals surface area contributed by atoms with E-state index in [2.05, 4.69) is 0 Å². The van der Waals surface area contributed by atoms with Crippen LogP contribution in [0.1, 0.15) is 16.5 Å². The average Bonchev–Trinajstić information content (AvgIpc) is 3.22. The number of halogens is 1. The molecule has 1 fully saturated rings. The molecule has 1 atom stereocenters. The van der Waals surface area contributed by atoms with Crippen LogP contribution in [-0.2, 0) is 14.3 Å². The summed E-state index contributed by atoms with van der Waals surface area (Å²) in [5.74, 6) is -0.365. The van der Waals surface area contributed by atoms with E-state index in [9.17, 15) is 9.59 Å². The Morgan fingerprint density at radius 2 is 1.89 bits per heavy atom. The standard InChI is InChI=1S/C20H21ClN2O3S/c1-26-20(25)19(16-6-2-3-7-17(16)21)23-12-10-22(11-13-23)18(24)9-8-15-5-4-14-27-15/h2-9,14,19H,10-13H2,1H3/b9-8+/t19-/m1/s1. The second-order valence-electron chi connectivity index (χ2n) is 6.16. The van der Waals surface area contributed by atoms with Crippen LogP contribution in [0.4, 0.5) is 0 Å². The smallest absolute Gasteiger partial charge is 0.327 e. The van der Waals surface area contributed by atoms with Gasteiger partial charge in [-0.2, -0.15) is 0 Å². The molecule has 1 amide bonds. The van der Waals surface area contributed by atoms with Crippen molar-refractivity contribution in [3.05, 3.63) is 63.3 Å².